The van der Waals surface area contributed by atoms with Gasteiger partial charge in [-0.25, -0.2) is 4.39 Å². The number of methoxy groups -OCH3 is 2. The van der Waals surface area contributed by atoms with Gasteiger partial charge in [-0.15, -0.1) is 0 Å². The highest BCUT2D eigenvalue weighted by atomic mass is 79.9. The highest BCUT2D eigenvalue weighted by molar-refractivity contribution is 9.10. The molecule has 0 aliphatic carbocycles. The molecule has 0 amide bonds. The minimum atomic E-state index is -0.959. The second kappa shape index (κ2) is 6.91. The summed E-state index contributed by atoms with van der Waals surface area (Å²) in [4.78, 5) is 0. The van der Waals surface area contributed by atoms with Gasteiger partial charge in [-0.3, -0.25) is 0 Å². The van der Waals surface area contributed by atoms with E-state index in [9.17, 15) is 9.50 Å². The van der Waals surface area contributed by atoms with E-state index in [2.05, 4.69) is 15.9 Å². The maximum absolute atomic E-state index is 14.0. The Balaban J connectivity index is 2.25. The fourth-order valence-corrected chi connectivity index (χ4v) is 2.54. The summed E-state index contributed by atoms with van der Waals surface area (Å²) in [6, 6.07) is 9.92. The van der Waals surface area contributed by atoms with Gasteiger partial charge in [0.1, 0.15) is 17.3 Å². The average Bonchev–Trinajstić information content (AvgIpc) is 2.47. The van der Waals surface area contributed by atoms with Crippen LogP contribution in [0.1, 0.15) is 17.2 Å². The third kappa shape index (κ3) is 3.74. The fourth-order valence-electron chi connectivity index (χ4n) is 2.13. The molecule has 3 nitrogen and oxygen atoms in total. The van der Waals surface area contributed by atoms with Crippen LogP contribution in [0.2, 0.25) is 0 Å². The molecular weight excluding hydrogens is 339 g/mol. The lowest BCUT2D eigenvalue weighted by Gasteiger charge is -2.15. The molecule has 0 aromatic heterocycles. The summed E-state index contributed by atoms with van der Waals surface area (Å²) in [5.41, 5.74) is 1.03. The van der Waals surface area contributed by atoms with Gasteiger partial charge in [0.05, 0.1) is 20.3 Å². The van der Waals surface area contributed by atoms with Crippen LogP contribution in [0, 0.1) is 5.82 Å². The van der Waals surface area contributed by atoms with Crippen LogP contribution in [0.4, 0.5) is 4.39 Å². The van der Waals surface area contributed by atoms with Gasteiger partial charge in [0, 0.05) is 22.5 Å². The molecule has 112 valence electrons. The van der Waals surface area contributed by atoms with Gasteiger partial charge in [-0.05, 0) is 35.9 Å². The molecule has 0 heterocycles. The zero-order chi connectivity index (χ0) is 15.4. The van der Waals surface area contributed by atoms with Crippen LogP contribution in [0.15, 0.2) is 40.9 Å². The zero-order valence-corrected chi connectivity index (χ0v) is 13.4. The van der Waals surface area contributed by atoms with Gasteiger partial charge in [-0.2, -0.15) is 0 Å². The first-order chi connectivity index (χ1) is 10.0. The van der Waals surface area contributed by atoms with Crippen LogP contribution in [0.3, 0.4) is 0 Å². The minimum Gasteiger partial charge on any atom is -0.497 e. The number of hydrogen-bond donors (Lipinski definition) is 1. The number of ether oxygens (including phenoxy) is 2. The molecule has 0 bridgehead atoms. The topological polar surface area (TPSA) is 38.7 Å². The van der Waals surface area contributed by atoms with Crippen molar-refractivity contribution in [3.05, 3.63) is 57.8 Å². The van der Waals surface area contributed by atoms with Gasteiger partial charge in [0.2, 0.25) is 0 Å². The quantitative estimate of drug-likeness (QED) is 0.885. The minimum absolute atomic E-state index is 0.234. The second-order valence-corrected chi connectivity index (χ2v) is 5.48. The highest BCUT2D eigenvalue weighted by Crippen LogP contribution is 2.29. The Morgan fingerprint density at radius 1 is 1.14 bits per heavy atom. The molecule has 0 spiro atoms. The van der Waals surface area contributed by atoms with Crippen molar-refractivity contribution >= 4 is 15.9 Å². The number of benzene rings is 2. The predicted molar refractivity (Wildman–Crippen MR) is 82.3 cm³/mol. The Labute approximate surface area is 131 Å². The van der Waals surface area contributed by atoms with Gasteiger partial charge in [0.25, 0.3) is 0 Å². The summed E-state index contributed by atoms with van der Waals surface area (Å²) in [5.74, 6) is 0.588. The van der Waals surface area contributed by atoms with Crippen molar-refractivity contribution in [2.24, 2.45) is 0 Å². The maximum Gasteiger partial charge on any atom is 0.132 e. The van der Waals surface area contributed by atoms with E-state index in [0.29, 0.717) is 11.5 Å². The van der Waals surface area contributed by atoms with Gasteiger partial charge in [-0.1, -0.05) is 15.9 Å². The van der Waals surface area contributed by atoms with Crippen molar-refractivity contribution in [3.63, 3.8) is 0 Å². The largest absolute Gasteiger partial charge is 0.497 e. The molecule has 0 aliphatic heterocycles. The van der Waals surface area contributed by atoms with E-state index in [1.165, 1.54) is 19.2 Å². The summed E-state index contributed by atoms with van der Waals surface area (Å²) in [6.07, 6.45) is -0.703. The lowest BCUT2D eigenvalue weighted by molar-refractivity contribution is 0.172. The molecule has 2 rings (SSSR count). The average molecular weight is 355 g/mol. The van der Waals surface area contributed by atoms with Crippen molar-refractivity contribution in [3.8, 4) is 11.5 Å². The van der Waals surface area contributed by atoms with E-state index in [0.717, 1.165) is 10.0 Å². The Morgan fingerprint density at radius 2 is 1.90 bits per heavy atom. The normalized spacial score (nSPS) is 12.0. The molecule has 2 aromatic rings. The van der Waals surface area contributed by atoms with Gasteiger partial charge < -0.3 is 14.6 Å². The monoisotopic (exact) mass is 354 g/mol. The molecule has 0 saturated carbocycles. The van der Waals surface area contributed by atoms with Crippen molar-refractivity contribution in [2.45, 2.75) is 12.5 Å². The Hall–Kier alpha value is -1.59. The summed E-state index contributed by atoms with van der Waals surface area (Å²) >= 11 is 3.38. The van der Waals surface area contributed by atoms with Crippen LogP contribution < -0.4 is 9.47 Å². The molecule has 5 heteroatoms. The van der Waals surface area contributed by atoms with E-state index in [1.54, 1.807) is 19.2 Å². The smallest absolute Gasteiger partial charge is 0.132 e. The standard InChI is InChI=1S/C16H16BrFO3/c1-20-12-4-5-13(14(18)9-12)15(19)8-10-7-11(17)3-6-16(10)21-2/h3-7,9,15,19H,8H2,1-2H3. The summed E-state index contributed by atoms with van der Waals surface area (Å²) < 4.78 is 25.1. The molecule has 1 unspecified atom stereocenters. The third-order valence-corrected chi connectivity index (χ3v) is 3.72. The van der Waals surface area contributed by atoms with Crippen LogP contribution >= 0.6 is 15.9 Å². The van der Waals surface area contributed by atoms with Crippen LogP contribution in [0.25, 0.3) is 0 Å². The second-order valence-electron chi connectivity index (χ2n) is 4.56. The van der Waals surface area contributed by atoms with E-state index in [-0.39, 0.29) is 12.0 Å². The molecule has 1 N–H and O–H groups in total. The van der Waals surface area contributed by atoms with Crippen LogP contribution in [-0.4, -0.2) is 19.3 Å². The molecule has 0 radical (unpaired) electrons. The first-order valence-electron chi connectivity index (χ1n) is 6.39. The van der Waals surface area contributed by atoms with Gasteiger partial charge >= 0.3 is 0 Å². The Morgan fingerprint density at radius 3 is 2.52 bits per heavy atom. The highest BCUT2D eigenvalue weighted by Gasteiger charge is 2.16. The zero-order valence-electron chi connectivity index (χ0n) is 11.8. The number of rotatable bonds is 5. The Bertz CT molecular complexity index is 631. The summed E-state index contributed by atoms with van der Waals surface area (Å²) in [5, 5.41) is 10.3. The number of hydrogen-bond acceptors (Lipinski definition) is 3. The predicted octanol–water partition coefficient (Wildman–Crippen LogP) is 3.88. The van der Waals surface area contributed by atoms with E-state index in [1.807, 2.05) is 12.1 Å². The van der Waals surface area contributed by atoms with Crippen molar-refractivity contribution in [1.29, 1.82) is 0 Å². The molecular formula is C16H16BrFO3. The van der Waals surface area contributed by atoms with E-state index in [4.69, 9.17) is 9.47 Å². The van der Waals surface area contributed by atoms with Crippen molar-refractivity contribution in [2.75, 3.05) is 14.2 Å². The third-order valence-electron chi connectivity index (χ3n) is 3.22. The molecule has 1 atom stereocenters. The van der Waals surface area contributed by atoms with Gasteiger partial charge in [0.15, 0.2) is 0 Å². The maximum atomic E-state index is 14.0. The van der Waals surface area contributed by atoms with Crippen molar-refractivity contribution in [1.82, 2.24) is 0 Å². The molecule has 0 fully saturated rings. The van der Waals surface area contributed by atoms with Crippen LogP contribution in [0.5, 0.6) is 11.5 Å². The molecule has 0 aliphatic rings. The number of aliphatic hydroxyl groups is 1. The first kappa shape index (κ1) is 15.8. The lowest BCUT2D eigenvalue weighted by Crippen LogP contribution is -2.06. The van der Waals surface area contributed by atoms with Crippen LogP contribution in [-0.2, 0) is 6.42 Å². The molecule has 21 heavy (non-hydrogen) atoms. The van der Waals surface area contributed by atoms with E-state index >= 15 is 0 Å². The summed E-state index contributed by atoms with van der Waals surface area (Å²) in [6.45, 7) is 0. The fraction of sp³-hybridized carbons (Fsp3) is 0.250. The SMILES string of the molecule is COc1ccc(C(O)Cc2cc(Br)ccc2OC)c(F)c1. The molecule has 0 saturated heterocycles. The number of halogens is 2. The first-order valence-corrected chi connectivity index (χ1v) is 7.18. The van der Waals surface area contributed by atoms with Crippen molar-refractivity contribution < 1.29 is 19.0 Å². The lowest BCUT2D eigenvalue weighted by atomic mass is 10.00. The summed E-state index contributed by atoms with van der Waals surface area (Å²) in [7, 11) is 3.03. The molecule has 2 aromatic carbocycles. The Kier molecular flexibility index (Phi) is 5.20. The van der Waals surface area contributed by atoms with E-state index < -0.39 is 11.9 Å². The number of aliphatic hydroxyl groups excluding tert-OH is 1.